The number of hydrogen-bond donors (Lipinski definition) is 1. The Hall–Kier alpha value is -2.56. The fraction of sp³-hybridized carbons (Fsp3) is 0.333. The van der Waals surface area contributed by atoms with Crippen LogP contribution in [-0.4, -0.2) is 29.8 Å². The Kier molecular flexibility index (Phi) is 6.41. The molecule has 1 aromatic carbocycles. The third-order valence-electron chi connectivity index (χ3n) is 3.56. The number of hydrogen-bond acceptors (Lipinski definition) is 3. The highest BCUT2D eigenvalue weighted by atomic mass is 16.3. The van der Waals surface area contributed by atoms with Gasteiger partial charge in [0.15, 0.2) is 0 Å². The Morgan fingerprint density at radius 2 is 1.91 bits per heavy atom. The van der Waals surface area contributed by atoms with Crippen molar-refractivity contribution < 1.29 is 14.0 Å². The minimum absolute atomic E-state index is 0.00430. The molecular weight excluding hydrogens is 292 g/mol. The average molecular weight is 314 g/mol. The first kappa shape index (κ1) is 16.8. The molecule has 1 aromatic heterocycles. The van der Waals surface area contributed by atoms with Crippen LogP contribution in [0, 0.1) is 0 Å². The van der Waals surface area contributed by atoms with Crippen molar-refractivity contribution >= 4 is 11.8 Å². The van der Waals surface area contributed by atoms with Gasteiger partial charge in [-0.1, -0.05) is 30.3 Å². The fourth-order valence-electron chi connectivity index (χ4n) is 2.26. The van der Waals surface area contributed by atoms with Crippen LogP contribution in [0.4, 0.5) is 0 Å². The van der Waals surface area contributed by atoms with Gasteiger partial charge in [-0.15, -0.1) is 0 Å². The maximum Gasteiger partial charge on any atom is 0.220 e. The van der Waals surface area contributed by atoms with Gasteiger partial charge < -0.3 is 14.6 Å². The molecule has 0 atom stereocenters. The van der Waals surface area contributed by atoms with E-state index in [1.807, 2.05) is 36.4 Å². The number of rotatable bonds is 8. The van der Waals surface area contributed by atoms with E-state index in [4.69, 9.17) is 4.42 Å². The summed E-state index contributed by atoms with van der Waals surface area (Å²) in [6, 6.07) is 13.5. The standard InChI is InChI=1S/C18H22N2O3/c1-15(21)20(14-17-8-5-13-23-17)12-11-19-18(22)10-9-16-6-3-2-4-7-16/h2-8,13H,9-12,14H2,1H3,(H,19,22). The smallest absolute Gasteiger partial charge is 0.220 e. The molecule has 0 saturated carbocycles. The molecule has 2 aromatic rings. The number of amides is 2. The number of benzene rings is 1. The molecule has 0 bridgehead atoms. The lowest BCUT2D eigenvalue weighted by Crippen LogP contribution is -2.37. The Bertz CT molecular complexity index is 608. The van der Waals surface area contributed by atoms with Gasteiger partial charge in [0.05, 0.1) is 12.8 Å². The van der Waals surface area contributed by atoms with Crippen LogP contribution in [-0.2, 0) is 22.6 Å². The zero-order valence-electron chi connectivity index (χ0n) is 13.3. The van der Waals surface area contributed by atoms with Crippen LogP contribution in [0.15, 0.2) is 53.1 Å². The summed E-state index contributed by atoms with van der Waals surface area (Å²) in [4.78, 5) is 25.1. The first-order valence-electron chi connectivity index (χ1n) is 7.73. The van der Waals surface area contributed by atoms with E-state index in [0.717, 1.165) is 17.7 Å². The minimum Gasteiger partial charge on any atom is -0.467 e. The molecule has 2 amide bonds. The van der Waals surface area contributed by atoms with E-state index in [0.29, 0.717) is 26.1 Å². The second-order valence-electron chi connectivity index (χ2n) is 5.36. The normalized spacial score (nSPS) is 10.3. The first-order chi connectivity index (χ1) is 11.1. The van der Waals surface area contributed by atoms with Crippen LogP contribution in [0.5, 0.6) is 0 Å². The van der Waals surface area contributed by atoms with Crippen LogP contribution in [0.2, 0.25) is 0 Å². The maximum atomic E-state index is 11.9. The van der Waals surface area contributed by atoms with Crippen molar-refractivity contribution in [3.05, 3.63) is 60.1 Å². The predicted octanol–water partition coefficient (Wildman–Crippen LogP) is 2.38. The summed E-state index contributed by atoms with van der Waals surface area (Å²) in [7, 11) is 0. The lowest BCUT2D eigenvalue weighted by molar-refractivity contribution is -0.130. The Morgan fingerprint density at radius 1 is 1.13 bits per heavy atom. The molecule has 0 unspecified atom stereocenters. The van der Waals surface area contributed by atoms with Gasteiger partial charge in [0, 0.05) is 26.4 Å². The van der Waals surface area contributed by atoms with Gasteiger partial charge >= 0.3 is 0 Å². The van der Waals surface area contributed by atoms with E-state index < -0.39 is 0 Å². The lowest BCUT2D eigenvalue weighted by atomic mass is 10.1. The molecule has 5 nitrogen and oxygen atoms in total. The largest absolute Gasteiger partial charge is 0.467 e. The highest BCUT2D eigenvalue weighted by molar-refractivity contribution is 5.76. The highest BCUT2D eigenvalue weighted by Gasteiger charge is 2.11. The van der Waals surface area contributed by atoms with Gasteiger partial charge in [-0.2, -0.15) is 0 Å². The second-order valence-corrected chi connectivity index (χ2v) is 5.36. The topological polar surface area (TPSA) is 62.6 Å². The van der Waals surface area contributed by atoms with E-state index in [2.05, 4.69) is 5.32 Å². The van der Waals surface area contributed by atoms with Gasteiger partial charge in [-0.3, -0.25) is 9.59 Å². The van der Waals surface area contributed by atoms with Gasteiger partial charge in [0.2, 0.25) is 11.8 Å². The third kappa shape index (κ3) is 5.98. The zero-order chi connectivity index (χ0) is 16.5. The quantitative estimate of drug-likeness (QED) is 0.813. The first-order valence-corrected chi connectivity index (χ1v) is 7.73. The molecule has 0 spiro atoms. The monoisotopic (exact) mass is 314 g/mol. The van der Waals surface area contributed by atoms with Gasteiger partial charge in [0.1, 0.15) is 5.76 Å². The Balaban J connectivity index is 1.69. The molecule has 5 heteroatoms. The van der Waals surface area contributed by atoms with Gasteiger partial charge in [-0.05, 0) is 24.1 Å². The number of aryl methyl sites for hydroxylation is 1. The average Bonchev–Trinajstić information content (AvgIpc) is 3.06. The van der Waals surface area contributed by atoms with Crippen molar-refractivity contribution in [2.45, 2.75) is 26.3 Å². The number of nitrogens with zero attached hydrogens (tertiary/aromatic N) is 1. The summed E-state index contributed by atoms with van der Waals surface area (Å²) >= 11 is 0. The second kappa shape index (κ2) is 8.78. The number of carbonyl (C=O) groups excluding carboxylic acids is 2. The predicted molar refractivity (Wildman–Crippen MR) is 87.6 cm³/mol. The molecule has 1 heterocycles. The zero-order valence-corrected chi connectivity index (χ0v) is 13.3. The molecule has 0 saturated heterocycles. The number of furan rings is 1. The Labute approximate surface area is 136 Å². The van der Waals surface area contributed by atoms with E-state index in [1.165, 1.54) is 6.92 Å². The molecule has 0 aliphatic heterocycles. The van der Waals surface area contributed by atoms with E-state index >= 15 is 0 Å². The van der Waals surface area contributed by atoms with Gasteiger partial charge in [-0.25, -0.2) is 0 Å². The summed E-state index contributed by atoms with van der Waals surface area (Å²) in [5.41, 5.74) is 1.14. The van der Waals surface area contributed by atoms with E-state index in [1.54, 1.807) is 17.2 Å². The van der Waals surface area contributed by atoms with Gasteiger partial charge in [0.25, 0.3) is 0 Å². The van der Waals surface area contributed by atoms with Crippen molar-refractivity contribution in [3.8, 4) is 0 Å². The van der Waals surface area contributed by atoms with Crippen LogP contribution < -0.4 is 5.32 Å². The fourth-order valence-corrected chi connectivity index (χ4v) is 2.26. The van der Waals surface area contributed by atoms with Crippen molar-refractivity contribution in [1.82, 2.24) is 10.2 Å². The molecule has 23 heavy (non-hydrogen) atoms. The highest BCUT2D eigenvalue weighted by Crippen LogP contribution is 2.05. The minimum atomic E-state index is -0.0417. The van der Waals surface area contributed by atoms with Crippen molar-refractivity contribution in [3.63, 3.8) is 0 Å². The van der Waals surface area contributed by atoms with Crippen molar-refractivity contribution in [2.75, 3.05) is 13.1 Å². The Morgan fingerprint density at radius 3 is 2.57 bits per heavy atom. The molecule has 0 fully saturated rings. The maximum absolute atomic E-state index is 11.9. The van der Waals surface area contributed by atoms with E-state index in [-0.39, 0.29) is 11.8 Å². The van der Waals surface area contributed by atoms with Crippen LogP contribution in [0.25, 0.3) is 0 Å². The lowest BCUT2D eigenvalue weighted by Gasteiger charge is -2.20. The van der Waals surface area contributed by atoms with Crippen LogP contribution >= 0.6 is 0 Å². The van der Waals surface area contributed by atoms with Crippen molar-refractivity contribution in [2.24, 2.45) is 0 Å². The third-order valence-corrected chi connectivity index (χ3v) is 3.56. The number of carbonyl (C=O) groups is 2. The summed E-state index contributed by atoms with van der Waals surface area (Å²) in [5.74, 6) is 0.686. The molecule has 0 aliphatic carbocycles. The summed E-state index contributed by atoms with van der Waals surface area (Å²) in [6.45, 7) is 2.84. The molecule has 0 radical (unpaired) electrons. The van der Waals surface area contributed by atoms with Crippen LogP contribution in [0.1, 0.15) is 24.7 Å². The molecule has 1 N–H and O–H groups in total. The summed E-state index contributed by atoms with van der Waals surface area (Å²) in [6.07, 6.45) is 2.75. The number of nitrogens with one attached hydrogen (secondary N) is 1. The molecule has 122 valence electrons. The molecular formula is C18H22N2O3. The van der Waals surface area contributed by atoms with Crippen molar-refractivity contribution in [1.29, 1.82) is 0 Å². The van der Waals surface area contributed by atoms with Crippen LogP contribution in [0.3, 0.4) is 0 Å². The molecule has 0 aliphatic rings. The molecule has 2 rings (SSSR count). The summed E-state index contributed by atoms with van der Waals surface area (Å²) in [5, 5.41) is 2.85. The summed E-state index contributed by atoms with van der Waals surface area (Å²) < 4.78 is 5.25. The SMILES string of the molecule is CC(=O)N(CCNC(=O)CCc1ccccc1)Cc1ccco1. The van der Waals surface area contributed by atoms with E-state index in [9.17, 15) is 9.59 Å².